The number of aliphatic carboxylic acids is 1. The van der Waals surface area contributed by atoms with Crippen LogP contribution in [0.4, 0.5) is 15.3 Å². The van der Waals surface area contributed by atoms with Crippen molar-refractivity contribution in [2.24, 2.45) is 17.6 Å². The van der Waals surface area contributed by atoms with E-state index in [-0.39, 0.29) is 24.8 Å². The number of benzene rings is 1. The van der Waals surface area contributed by atoms with E-state index in [1.165, 1.54) is 0 Å². The maximum atomic E-state index is 13.3. The first-order valence-electron chi connectivity index (χ1n) is 14.6. The van der Waals surface area contributed by atoms with Gasteiger partial charge in [0.15, 0.2) is 0 Å². The summed E-state index contributed by atoms with van der Waals surface area (Å²) in [5.41, 5.74) is 5.85. The topological polar surface area (TPSA) is 192 Å². The lowest BCUT2D eigenvalue weighted by Gasteiger charge is -2.27. The van der Waals surface area contributed by atoms with E-state index >= 15 is 0 Å². The molecule has 0 spiro atoms. The molecule has 0 bridgehead atoms. The molecule has 1 rings (SSSR count). The third-order valence-electron chi connectivity index (χ3n) is 6.56. The van der Waals surface area contributed by atoms with Gasteiger partial charge in [-0.15, -0.1) is 0 Å². The van der Waals surface area contributed by atoms with Crippen LogP contribution in [0.15, 0.2) is 24.3 Å². The predicted molar refractivity (Wildman–Crippen MR) is 164 cm³/mol. The number of hydrogen-bond donors (Lipinski definition) is 6. The van der Waals surface area contributed by atoms with Crippen molar-refractivity contribution >= 4 is 35.6 Å². The summed E-state index contributed by atoms with van der Waals surface area (Å²) in [5.74, 6) is -2.22. The van der Waals surface area contributed by atoms with Crippen LogP contribution in [0, 0.1) is 11.8 Å². The Kier molecular flexibility index (Phi) is 14.9. The van der Waals surface area contributed by atoms with Gasteiger partial charge in [-0.1, -0.05) is 39.8 Å². The monoisotopic (exact) mass is 606 g/mol. The van der Waals surface area contributed by atoms with Crippen molar-refractivity contribution in [3.8, 4) is 0 Å². The standard InChI is InChI=1S/C30H50N6O7/c1-18(2)23(35-29(42)43-30(5,6)7)26(38)34-22(10-9-16-32-28(31)41)25(37)33-21-13-11-20(12-14-21)15-17-36(8)24(19(3)4)27(39)40/h11-14,18-19,22-24H,9-10,15-17H2,1-8H3,(H,33,37)(H,34,38)(H,35,42)(H,39,40)(H3,31,32,41). The van der Waals surface area contributed by atoms with Gasteiger partial charge in [-0.3, -0.25) is 19.3 Å². The van der Waals surface area contributed by atoms with E-state index < -0.39 is 53.6 Å². The van der Waals surface area contributed by atoms with Crippen LogP contribution in [0.5, 0.6) is 0 Å². The summed E-state index contributed by atoms with van der Waals surface area (Å²) >= 11 is 0. The zero-order chi connectivity index (χ0) is 32.9. The molecular formula is C30H50N6O7. The van der Waals surface area contributed by atoms with E-state index in [2.05, 4.69) is 21.3 Å². The minimum absolute atomic E-state index is 0.0380. The largest absolute Gasteiger partial charge is 0.480 e. The van der Waals surface area contributed by atoms with Crippen molar-refractivity contribution in [3.63, 3.8) is 0 Å². The van der Waals surface area contributed by atoms with Gasteiger partial charge in [-0.05, 0) is 76.6 Å². The number of primary amides is 1. The molecule has 7 N–H and O–H groups in total. The van der Waals surface area contributed by atoms with E-state index in [9.17, 15) is 29.1 Å². The maximum Gasteiger partial charge on any atom is 0.408 e. The summed E-state index contributed by atoms with van der Waals surface area (Å²) in [6, 6.07) is 3.96. The van der Waals surface area contributed by atoms with Crippen LogP contribution in [-0.4, -0.2) is 83.8 Å². The molecule has 0 radical (unpaired) electrons. The Morgan fingerprint density at radius 1 is 0.953 bits per heavy atom. The van der Waals surface area contributed by atoms with Gasteiger partial charge in [0.1, 0.15) is 23.7 Å². The first-order chi connectivity index (χ1) is 19.9. The molecule has 0 fully saturated rings. The molecule has 13 heteroatoms. The van der Waals surface area contributed by atoms with Gasteiger partial charge >= 0.3 is 18.1 Å². The Morgan fingerprint density at radius 2 is 1.56 bits per heavy atom. The zero-order valence-electron chi connectivity index (χ0n) is 26.7. The van der Waals surface area contributed by atoms with Crippen LogP contribution in [0.2, 0.25) is 0 Å². The number of nitrogens with zero attached hydrogens (tertiary/aromatic N) is 1. The quantitative estimate of drug-likeness (QED) is 0.155. The minimum atomic E-state index is -0.971. The molecule has 1 aromatic rings. The number of nitrogens with one attached hydrogen (secondary N) is 4. The normalized spacial score (nSPS) is 13.7. The molecule has 3 unspecified atom stereocenters. The van der Waals surface area contributed by atoms with E-state index in [0.717, 1.165) is 5.56 Å². The van der Waals surface area contributed by atoms with Gasteiger partial charge < -0.3 is 36.8 Å². The molecule has 5 amide bonds. The number of rotatable bonds is 16. The van der Waals surface area contributed by atoms with Crippen LogP contribution in [0.1, 0.15) is 66.9 Å². The van der Waals surface area contributed by atoms with Crippen molar-refractivity contribution < 1.29 is 33.8 Å². The number of carboxylic acid groups (broad SMARTS) is 1. The average Bonchev–Trinajstić information content (AvgIpc) is 2.86. The van der Waals surface area contributed by atoms with E-state index in [4.69, 9.17) is 10.5 Å². The summed E-state index contributed by atoms with van der Waals surface area (Å²) in [6.45, 7) is 13.2. The first-order valence-corrected chi connectivity index (χ1v) is 14.6. The van der Waals surface area contributed by atoms with Crippen LogP contribution >= 0.6 is 0 Å². The highest BCUT2D eigenvalue weighted by atomic mass is 16.6. The van der Waals surface area contributed by atoms with Gasteiger partial charge in [-0.2, -0.15) is 0 Å². The number of likely N-dealkylation sites (N-methyl/N-ethyl adjacent to an activating group) is 1. The molecule has 0 aromatic heterocycles. The first kappa shape index (κ1) is 37.2. The van der Waals surface area contributed by atoms with Crippen LogP contribution in [-0.2, 0) is 25.5 Å². The molecule has 0 heterocycles. The van der Waals surface area contributed by atoms with E-state index in [0.29, 0.717) is 25.1 Å². The van der Waals surface area contributed by atoms with Gasteiger partial charge in [-0.25, -0.2) is 9.59 Å². The molecule has 0 saturated heterocycles. The maximum absolute atomic E-state index is 13.3. The van der Waals surface area contributed by atoms with E-state index in [1.807, 2.05) is 30.9 Å². The Morgan fingerprint density at radius 3 is 2.05 bits per heavy atom. The molecule has 13 nitrogen and oxygen atoms in total. The lowest BCUT2D eigenvalue weighted by molar-refractivity contribution is -0.144. The van der Waals surface area contributed by atoms with Crippen LogP contribution < -0.4 is 27.0 Å². The number of carboxylic acids is 1. The molecule has 3 atom stereocenters. The summed E-state index contributed by atoms with van der Waals surface area (Å²) in [6.07, 6.45) is 0.420. The average molecular weight is 607 g/mol. The molecule has 0 saturated carbocycles. The summed E-state index contributed by atoms with van der Waals surface area (Å²) in [5, 5.41) is 20.1. The van der Waals surface area contributed by atoms with Gasteiger partial charge in [0.05, 0.1) is 0 Å². The molecule has 0 aliphatic heterocycles. The highest BCUT2D eigenvalue weighted by molar-refractivity contribution is 5.98. The fourth-order valence-electron chi connectivity index (χ4n) is 4.43. The third-order valence-corrected chi connectivity index (χ3v) is 6.56. The van der Waals surface area contributed by atoms with Crippen molar-refractivity contribution in [2.45, 2.75) is 91.5 Å². The Balaban J connectivity index is 2.94. The lowest BCUT2D eigenvalue weighted by atomic mass is 10.0. The van der Waals surface area contributed by atoms with Crippen LogP contribution in [0.25, 0.3) is 0 Å². The smallest absolute Gasteiger partial charge is 0.408 e. The number of carbonyl (C=O) groups is 5. The number of hydrogen-bond acceptors (Lipinski definition) is 7. The molecule has 1 aromatic carbocycles. The number of carbonyl (C=O) groups excluding carboxylic acids is 4. The molecule has 242 valence electrons. The summed E-state index contributed by atoms with van der Waals surface area (Å²) < 4.78 is 5.28. The highest BCUT2D eigenvalue weighted by Gasteiger charge is 2.30. The second-order valence-corrected chi connectivity index (χ2v) is 12.3. The zero-order valence-corrected chi connectivity index (χ0v) is 26.7. The third kappa shape index (κ3) is 14.2. The van der Waals surface area contributed by atoms with Crippen molar-refractivity contribution in [3.05, 3.63) is 29.8 Å². The second kappa shape index (κ2) is 17.3. The summed E-state index contributed by atoms with van der Waals surface area (Å²) in [7, 11) is 1.79. The lowest BCUT2D eigenvalue weighted by Crippen LogP contribution is -2.55. The van der Waals surface area contributed by atoms with Gasteiger partial charge in [0.2, 0.25) is 11.8 Å². The van der Waals surface area contributed by atoms with Crippen LogP contribution in [0.3, 0.4) is 0 Å². The Bertz CT molecular complexity index is 1090. The van der Waals surface area contributed by atoms with E-state index in [1.54, 1.807) is 53.8 Å². The Hall–Kier alpha value is -3.87. The van der Waals surface area contributed by atoms with Gasteiger partial charge in [0.25, 0.3) is 0 Å². The number of urea groups is 1. The molecule has 0 aliphatic carbocycles. The second-order valence-electron chi connectivity index (χ2n) is 12.3. The number of ether oxygens (including phenoxy) is 1. The molecule has 0 aliphatic rings. The molecule has 43 heavy (non-hydrogen) atoms. The SMILES string of the molecule is CC(C)C(NC(=O)OC(C)(C)C)C(=O)NC(CCCNC(N)=O)C(=O)Nc1ccc(CCN(C)C(C(=O)O)C(C)C)cc1. The summed E-state index contributed by atoms with van der Waals surface area (Å²) in [4.78, 5) is 63.3. The fourth-order valence-corrected chi connectivity index (χ4v) is 4.43. The van der Waals surface area contributed by atoms with Gasteiger partial charge in [0, 0.05) is 18.8 Å². The minimum Gasteiger partial charge on any atom is -0.480 e. The Labute approximate surface area is 254 Å². The predicted octanol–water partition coefficient (Wildman–Crippen LogP) is 2.69. The number of anilines is 1. The number of nitrogens with two attached hydrogens (primary N) is 1. The fraction of sp³-hybridized carbons (Fsp3) is 0.633. The molecular weight excluding hydrogens is 556 g/mol. The number of alkyl carbamates (subject to hydrolysis) is 1. The van der Waals surface area contributed by atoms with Crippen molar-refractivity contribution in [2.75, 3.05) is 25.5 Å². The highest BCUT2D eigenvalue weighted by Crippen LogP contribution is 2.15. The van der Waals surface area contributed by atoms with Crippen molar-refractivity contribution in [1.29, 1.82) is 0 Å². The van der Waals surface area contributed by atoms with Crippen molar-refractivity contribution in [1.82, 2.24) is 20.9 Å². The number of amides is 5.